The number of rotatable bonds is 3. The fourth-order valence-electron chi connectivity index (χ4n) is 1.42. The van der Waals surface area contributed by atoms with Gasteiger partial charge in [-0.25, -0.2) is 4.98 Å². The molecule has 0 aliphatic heterocycles. The van der Waals surface area contributed by atoms with Gasteiger partial charge in [-0.1, -0.05) is 0 Å². The van der Waals surface area contributed by atoms with Gasteiger partial charge in [-0.05, 0) is 12.1 Å². The molecule has 0 saturated heterocycles. The normalized spacial score (nSPS) is 9.88. The average molecular weight is 228 g/mol. The van der Waals surface area contributed by atoms with Crippen molar-refractivity contribution in [3.63, 3.8) is 0 Å². The van der Waals surface area contributed by atoms with Crippen molar-refractivity contribution in [2.45, 2.75) is 6.54 Å². The Morgan fingerprint density at radius 3 is 3.00 bits per heavy atom. The van der Waals surface area contributed by atoms with Crippen LogP contribution in [-0.2, 0) is 13.6 Å². The Morgan fingerprint density at radius 1 is 1.59 bits per heavy atom. The summed E-state index contributed by atoms with van der Waals surface area (Å²) in [6, 6.07) is 5.49. The van der Waals surface area contributed by atoms with E-state index in [9.17, 15) is 0 Å². The summed E-state index contributed by atoms with van der Waals surface area (Å²) in [7, 11) is 1.86. The van der Waals surface area contributed by atoms with Gasteiger partial charge in [0.15, 0.2) is 0 Å². The molecular weight excluding hydrogens is 216 g/mol. The van der Waals surface area contributed by atoms with Crippen molar-refractivity contribution >= 4 is 11.5 Å². The largest absolute Gasteiger partial charge is 0.396 e. The fraction of sp³-hybridized carbons (Fsp3) is 0.182. The van der Waals surface area contributed by atoms with Crippen LogP contribution in [0.3, 0.4) is 0 Å². The van der Waals surface area contributed by atoms with Crippen LogP contribution in [0, 0.1) is 11.3 Å². The molecule has 0 aliphatic carbocycles. The summed E-state index contributed by atoms with van der Waals surface area (Å²) in [5, 5.41) is 16.0. The molecule has 3 N–H and O–H groups in total. The van der Waals surface area contributed by atoms with Gasteiger partial charge in [0.2, 0.25) is 0 Å². The molecule has 2 rings (SSSR count). The first-order valence-corrected chi connectivity index (χ1v) is 5.07. The summed E-state index contributed by atoms with van der Waals surface area (Å²) in [4.78, 5) is 4.08. The van der Waals surface area contributed by atoms with Crippen LogP contribution >= 0.6 is 0 Å². The van der Waals surface area contributed by atoms with Crippen molar-refractivity contribution in [1.82, 2.24) is 14.8 Å². The molecule has 17 heavy (non-hydrogen) atoms. The monoisotopic (exact) mass is 228 g/mol. The van der Waals surface area contributed by atoms with Crippen molar-refractivity contribution in [2.75, 3.05) is 11.1 Å². The highest BCUT2D eigenvalue weighted by Crippen LogP contribution is 2.16. The molecule has 0 amide bonds. The number of nitrogen functional groups attached to an aromatic ring is 1. The quantitative estimate of drug-likeness (QED) is 0.813. The molecular formula is C11H12N6. The Hall–Kier alpha value is -2.55. The van der Waals surface area contributed by atoms with Crippen molar-refractivity contribution < 1.29 is 0 Å². The van der Waals surface area contributed by atoms with Crippen LogP contribution in [0.15, 0.2) is 24.5 Å². The number of aromatic nitrogens is 3. The average Bonchev–Trinajstić information content (AvgIpc) is 2.73. The molecule has 0 fully saturated rings. The van der Waals surface area contributed by atoms with Gasteiger partial charge in [0.25, 0.3) is 0 Å². The number of nitrogens with two attached hydrogens (primary N) is 1. The van der Waals surface area contributed by atoms with E-state index in [1.165, 1.54) is 6.20 Å². The highest BCUT2D eigenvalue weighted by atomic mass is 15.3. The maximum atomic E-state index is 8.68. The van der Waals surface area contributed by atoms with E-state index < -0.39 is 0 Å². The molecule has 0 aliphatic rings. The van der Waals surface area contributed by atoms with E-state index in [0.29, 0.717) is 23.6 Å². The number of hydrogen-bond donors (Lipinski definition) is 2. The zero-order valence-electron chi connectivity index (χ0n) is 9.38. The standard InChI is InChI=1S/C11H12N6/c1-17-3-2-9(16-17)7-15-11-10(13)4-8(5-12)6-14-11/h2-4,6H,7,13H2,1H3,(H,14,15). The van der Waals surface area contributed by atoms with Crippen LogP contribution in [0.2, 0.25) is 0 Å². The fourth-order valence-corrected chi connectivity index (χ4v) is 1.42. The summed E-state index contributed by atoms with van der Waals surface area (Å²) in [6.45, 7) is 0.546. The van der Waals surface area contributed by atoms with Gasteiger partial charge >= 0.3 is 0 Å². The first-order chi connectivity index (χ1) is 8.19. The van der Waals surface area contributed by atoms with E-state index >= 15 is 0 Å². The van der Waals surface area contributed by atoms with Crippen LogP contribution in [0.25, 0.3) is 0 Å². The first-order valence-electron chi connectivity index (χ1n) is 5.07. The molecule has 6 nitrogen and oxygen atoms in total. The number of pyridine rings is 1. The first kappa shape index (κ1) is 11.0. The van der Waals surface area contributed by atoms with Crippen molar-refractivity contribution in [3.8, 4) is 6.07 Å². The minimum Gasteiger partial charge on any atom is -0.396 e. The zero-order chi connectivity index (χ0) is 12.3. The minimum absolute atomic E-state index is 0.450. The summed E-state index contributed by atoms with van der Waals surface area (Å²) in [5.74, 6) is 0.564. The lowest BCUT2D eigenvalue weighted by Gasteiger charge is -2.06. The van der Waals surface area contributed by atoms with Crippen LogP contribution in [0.1, 0.15) is 11.3 Å². The van der Waals surface area contributed by atoms with Crippen molar-refractivity contribution in [1.29, 1.82) is 5.26 Å². The van der Waals surface area contributed by atoms with Crippen LogP contribution in [-0.4, -0.2) is 14.8 Å². The predicted octanol–water partition coefficient (Wildman–Crippen LogP) is 0.881. The molecule has 0 saturated carbocycles. The Morgan fingerprint density at radius 2 is 2.41 bits per heavy atom. The smallest absolute Gasteiger partial charge is 0.149 e. The molecule has 0 bridgehead atoms. The highest BCUT2D eigenvalue weighted by molar-refractivity contribution is 5.62. The summed E-state index contributed by atoms with van der Waals surface area (Å²) < 4.78 is 1.73. The van der Waals surface area contributed by atoms with Gasteiger partial charge in [0.05, 0.1) is 23.5 Å². The van der Waals surface area contributed by atoms with Crippen LogP contribution in [0.5, 0.6) is 0 Å². The van der Waals surface area contributed by atoms with E-state index in [1.807, 2.05) is 25.4 Å². The van der Waals surface area contributed by atoms with E-state index in [-0.39, 0.29) is 0 Å². The SMILES string of the molecule is Cn1ccc(CNc2ncc(C#N)cc2N)n1. The molecule has 0 atom stereocenters. The molecule has 2 aromatic rings. The van der Waals surface area contributed by atoms with Crippen LogP contribution in [0.4, 0.5) is 11.5 Å². The van der Waals surface area contributed by atoms with Gasteiger partial charge in [0, 0.05) is 19.4 Å². The topological polar surface area (TPSA) is 92.5 Å². The summed E-state index contributed by atoms with van der Waals surface area (Å²) in [6.07, 6.45) is 3.35. The second-order valence-corrected chi connectivity index (χ2v) is 3.61. The predicted molar refractivity (Wildman–Crippen MR) is 63.9 cm³/mol. The molecule has 0 spiro atoms. The van der Waals surface area contributed by atoms with E-state index in [0.717, 1.165) is 5.69 Å². The lowest BCUT2D eigenvalue weighted by molar-refractivity contribution is 0.747. The van der Waals surface area contributed by atoms with Gasteiger partial charge in [-0.15, -0.1) is 0 Å². The third-order valence-electron chi connectivity index (χ3n) is 2.25. The molecule has 2 aromatic heterocycles. The maximum Gasteiger partial charge on any atom is 0.149 e. The number of nitrogens with zero attached hydrogens (tertiary/aromatic N) is 4. The second kappa shape index (κ2) is 4.53. The molecule has 86 valence electrons. The lowest BCUT2D eigenvalue weighted by atomic mass is 10.3. The Balaban J connectivity index is 2.07. The second-order valence-electron chi connectivity index (χ2n) is 3.61. The molecule has 0 radical (unpaired) electrons. The third kappa shape index (κ3) is 2.52. The van der Waals surface area contributed by atoms with Crippen LogP contribution < -0.4 is 11.1 Å². The van der Waals surface area contributed by atoms with Gasteiger partial charge in [0.1, 0.15) is 11.9 Å². The summed E-state index contributed by atoms with van der Waals surface area (Å²) >= 11 is 0. The number of nitriles is 1. The van der Waals surface area contributed by atoms with Gasteiger partial charge < -0.3 is 11.1 Å². The third-order valence-corrected chi connectivity index (χ3v) is 2.25. The van der Waals surface area contributed by atoms with Gasteiger partial charge in [-0.3, -0.25) is 4.68 Å². The lowest BCUT2D eigenvalue weighted by Crippen LogP contribution is -2.05. The van der Waals surface area contributed by atoms with Gasteiger partial charge in [-0.2, -0.15) is 10.4 Å². The van der Waals surface area contributed by atoms with Crippen molar-refractivity contribution in [2.24, 2.45) is 7.05 Å². The summed E-state index contributed by atoms with van der Waals surface area (Å²) in [5.41, 5.74) is 7.57. The number of hydrogen-bond acceptors (Lipinski definition) is 5. The Labute approximate surface area is 98.7 Å². The maximum absolute atomic E-state index is 8.68. The molecule has 0 aromatic carbocycles. The minimum atomic E-state index is 0.450. The van der Waals surface area contributed by atoms with E-state index in [4.69, 9.17) is 11.0 Å². The zero-order valence-corrected chi connectivity index (χ0v) is 9.38. The molecule has 0 unspecified atom stereocenters. The van der Waals surface area contributed by atoms with E-state index in [2.05, 4.69) is 15.4 Å². The number of anilines is 2. The van der Waals surface area contributed by atoms with E-state index in [1.54, 1.807) is 10.7 Å². The number of nitrogens with one attached hydrogen (secondary N) is 1. The number of aryl methyl sites for hydroxylation is 1. The Kier molecular flexibility index (Phi) is 2.92. The molecule has 2 heterocycles. The Bertz CT molecular complexity index is 566. The molecule has 6 heteroatoms. The van der Waals surface area contributed by atoms with Crippen molar-refractivity contribution in [3.05, 3.63) is 35.8 Å². The highest BCUT2D eigenvalue weighted by Gasteiger charge is 2.03.